The first kappa shape index (κ1) is 13.2. The number of hydrogen-bond donors (Lipinski definition) is 0. The molecule has 3 heteroatoms. The second kappa shape index (κ2) is 5.19. The van der Waals surface area contributed by atoms with E-state index in [1.165, 1.54) is 12.1 Å². The number of hydrogen-bond acceptors (Lipinski definition) is 0. The smallest absolute Gasteiger partial charge is 0.166 e. The summed E-state index contributed by atoms with van der Waals surface area (Å²) in [6, 6.07) is 12.5. The van der Waals surface area contributed by atoms with E-state index in [-0.39, 0.29) is 0 Å². The lowest BCUT2D eigenvalue weighted by Crippen LogP contribution is -2.04. The Bertz CT molecular complexity index is 608. The molecule has 2 aromatic rings. The van der Waals surface area contributed by atoms with Gasteiger partial charge in [-0.05, 0) is 43.3 Å². The van der Waals surface area contributed by atoms with Gasteiger partial charge in [0.2, 0.25) is 0 Å². The van der Waals surface area contributed by atoms with E-state index in [4.69, 9.17) is 0 Å². The van der Waals surface area contributed by atoms with Gasteiger partial charge in [-0.25, -0.2) is 0 Å². The number of rotatable bonds is 0. The normalized spacial score (nSPS) is 10.7. The van der Waals surface area contributed by atoms with Crippen molar-refractivity contribution in [1.29, 1.82) is 0 Å². The van der Waals surface area contributed by atoms with Gasteiger partial charge in [0.15, 0.2) is 0 Å². The largest absolute Gasteiger partial charge is 0.416 e. The third-order valence-corrected chi connectivity index (χ3v) is 2.61. The van der Waals surface area contributed by atoms with Crippen LogP contribution in [-0.4, -0.2) is 0 Å². The monoisotopic (exact) mass is 260 g/mol. The van der Waals surface area contributed by atoms with Crippen molar-refractivity contribution in [3.8, 4) is 11.8 Å². The summed E-state index contributed by atoms with van der Waals surface area (Å²) in [5.74, 6) is 5.76. The molecule has 0 nitrogen and oxygen atoms in total. The van der Waals surface area contributed by atoms with Crippen LogP contribution in [0.3, 0.4) is 0 Å². The molecular weight excluding hydrogens is 249 g/mol. The molecule has 0 atom stereocenters. The van der Waals surface area contributed by atoms with Crippen molar-refractivity contribution >= 4 is 0 Å². The van der Waals surface area contributed by atoms with Gasteiger partial charge in [-0.3, -0.25) is 0 Å². The molecule has 0 heterocycles. The highest BCUT2D eigenvalue weighted by Gasteiger charge is 2.29. The topological polar surface area (TPSA) is 0 Å². The highest BCUT2D eigenvalue weighted by Crippen LogP contribution is 2.28. The molecule has 2 rings (SSSR count). The molecule has 0 aliphatic rings. The summed E-state index contributed by atoms with van der Waals surface area (Å²) in [4.78, 5) is 0. The Kier molecular flexibility index (Phi) is 3.62. The average Bonchev–Trinajstić information content (AvgIpc) is 2.37. The van der Waals surface area contributed by atoms with Crippen molar-refractivity contribution in [1.82, 2.24) is 0 Å². The van der Waals surface area contributed by atoms with Gasteiger partial charge in [0, 0.05) is 11.1 Å². The molecule has 0 spiro atoms. The van der Waals surface area contributed by atoms with E-state index >= 15 is 0 Å². The number of aryl methyl sites for hydroxylation is 1. The van der Waals surface area contributed by atoms with E-state index in [2.05, 4.69) is 11.8 Å². The van der Waals surface area contributed by atoms with Crippen LogP contribution in [0.2, 0.25) is 0 Å². The van der Waals surface area contributed by atoms with Gasteiger partial charge in [-0.15, -0.1) is 0 Å². The third kappa shape index (κ3) is 3.62. The van der Waals surface area contributed by atoms with Crippen LogP contribution in [-0.2, 0) is 6.18 Å². The number of benzene rings is 2. The Morgan fingerprint density at radius 1 is 0.737 bits per heavy atom. The van der Waals surface area contributed by atoms with Crippen LogP contribution in [0.15, 0.2) is 48.5 Å². The van der Waals surface area contributed by atoms with E-state index in [1.807, 2.05) is 31.2 Å². The van der Waals surface area contributed by atoms with E-state index in [0.717, 1.165) is 23.3 Å². The van der Waals surface area contributed by atoms with Crippen molar-refractivity contribution in [3.63, 3.8) is 0 Å². The van der Waals surface area contributed by atoms with Crippen molar-refractivity contribution < 1.29 is 13.2 Å². The molecule has 0 unspecified atom stereocenters. The molecule has 2 aromatic carbocycles. The lowest BCUT2D eigenvalue weighted by molar-refractivity contribution is -0.137. The molecule has 0 bridgehead atoms. The maximum Gasteiger partial charge on any atom is 0.416 e. The Labute approximate surface area is 109 Å². The standard InChI is InChI=1S/C16H11F3/c1-12-2-4-13(5-3-12)6-7-14-8-10-15(11-9-14)16(17,18)19/h2-5,8-11H,1H3. The summed E-state index contributed by atoms with van der Waals surface area (Å²) < 4.78 is 37.1. The van der Waals surface area contributed by atoms with E-state index in [9.17, 15) is 13.2 Å². The zero-order chi connectivity index (χ0) is 13.9. The van der Waals surface area contributed by atoms with Gasteiger partial charge >= 0.3 is 6.18 Å². The van der Waals surface area contributed by atoms with Crippen LogP contribution in [0.25, 0.3) is 0 Å². The highest BCUT2D eigenvalue weighted by molar-refractivity contribution is 5.44. The molecule has 19 heavy (non-hydrogen) atoms. The first-order valence-electron chi connectivity index (χ1n) is 5.71. The predicted octanol–water partition coefficient (Wildman–Crippen LogP) is 4.41. The van der Waals surface area contributed by atoms with Crippen LogP contribution in [0.5, 0.6) is 0 Å². The lowest BCUT2D eigenvalue weighted by Gasteiger charge is -2.05. The molecule has 0 radical (unpaired) electrons. The van der Waals surface area contributed by atoms with Gasteiger partial charge < -0.3 is 0 Å². The molecule has 0 aliphatic heterocycles. The van der Waals surface area contributed by atoms with Crippen LogP contribution in [0.4, 0.5) is 13.2 Å². The molecule has 0 amide bonds. The fourth-order valence-corrected chi connectivity index (χ4v) is 1.52. The minimum Gasteiger partial charge on any atom is -0.166 e. The lowest BCUT2D eigenvalue weighted by atomic mass is 10.1. The zero-order valence-corrected chi connectivity index (χ0v) is 10.3. The second-order valence-electron chi connectivity index (χ2n) is 4.19. The summed E-state index contributed by atoms with van der Waals surface area (Å²) in [6.45, 7) is 1.98. The quantitative estimate of drug-likeness (QED) is 0.615. The molecule has 0 saturated heterocycles. The van der Waals surface area contributed by atoms with Gasteiger partial charge in [0.05, 0.1) is 5.56 Å². The van der Waals surface area contributed by atoms with E-state index in [0.29, 0.717) is 5.56 Å². The van der Waals surface area contributed by atoms with Gasteiger partial charge in [-0.1, -0.05) is 29.5 Å². The molecule has 0 saturated carbocycles. The second-order valence-corrected chi connectivity index (χ2v) is 4.19. The van der Waals surface area contributed by atoms with Crippen LogP contribution in [0.1, 0.15) is 22.3 Å². The van der Waals surface area contributed by atoms with Crippen LogP contribution in [0, 0.1) is 18.8 Å². The molecule has 96 valence electrons. The SMILES string of the molecule is Cc1ccc(C#Cc2ccc(C(F)(F)F)cc2)cc1. The van der Waals surface area contributed by atoms with Gasteiger partial charge in [0.25, 0.3) is 0 Å². The minimum absolute atomic E-state index is 0.563. The summed E-state index contributed by atoms with van der Waals surface area (Å²) in [7, 11) is 0. The fourth-order valence-electron chi connectivity index (χ4n) is 1.52. The highest BCUT2D eigenvalue weighted by atomic mass is 19.4. The Morgan fingerprint density at radius 2 is 1.16 bits per heavy atom. The zero-order valence-electron chi connectivity index (χ0n) is 10.3. The summed E-state index contributed by atoms with van der Waals surface area (Å²) in [5, 5.41) is 0. The summed E-state index contributed by atoms with van der Waals surface area (Å²) in [5.41, 5.74) is 1.88. The molecule has 0 fully saturated rings. The van der Waals surface area contributed by atoms with Gasteiger partial charge in [0.1, 0.15) is 0 Å². The van der Waals surface area contributed by atoms with Crippen LogP contribution < -0.4 is 0 Å². The summed E-state index contributed by atoms with van der Waals surface area (Å²) in [6.07, 6.45) is -4.30. The number of halogens is 3. The fraction of sp³-hybridized carbons (Fsp3) is 0.125. The Hall–Kier alpha value is -2.21. The molecule has 0 aliphatic carbocycles. The maximum absolute atomic E-state index is 12.4. The third-order valence-electron chi connectivity index (χ3n) is 2.61. The molecule has 0 N–H and O–H groups in total. The molecule has 0 aromatic heterocycles. The van der Waals surface area contributed by atoms with Crippen LogP contribution >= 0.6 is 0 Å². The first-order valence-corrected chi connectivity index (χ1v) is 5.71. The number of alkyl halides is 3. The molecular formula is C16H11F3. The van der Waals surface area contributed by atoms with E-state index < -0.39 is 11.7 Å². The van der Waals surface area contributed by atoms with Crippen molar-refractivity contribution in [2.75, 3.05) is 0 Å². The maximum atomic E-state index is 12.4. The Balaban J connectivity index is 2.19. The predicted molar refractivity (Wildman–Crippen MR) is 68.6 cm³/mol. The average molecular weight is 260 g/mol. The van der Waals surface area contributed by atoms with Crippen molar-refractivity contribution in [2.24, 2.45) is 0 Å². The van der Waals surface area contributed by atoms with E-state index in [1.54, 1.807) is 0 Å². The Morgan fingerprint density at radius 3 is 1.58 bits per heavy atom. The van der Waals surface area contributed by atoms with Crippen molar-refractivity contribution in [2.45, 2.75) is 13.1 Å². The summed E-state index contributed by atoms with van der Waals surface area (Å²) >= 11 is 0. The minimum atomic E-state index is -4.30. The first-order chi connectivity index (χ1) is 8.95. The van der Waals surface area contributed by atoms with Crippen molar-refractivity contribution in [3.05, 3.63) is 70.8 Å². The van der Waals surface area contributed by atoms with Gasteiger partial charge in [-0.2, -0.15) is 13.2 Å².